The Morgan fingerprint density at radius 1 is 1.53 bits per heavy atom. The van der Waals surface area contributed by atoms with Gasteiger partial charge in [0.05, 0.1) is 0 Å². The third kappa shape index (κ3) is 2.40. The predicted molar refractivity (Wildman–Crippen MR) is 57.6 cm³/mol. The van der Waals surface area contributed by atoms with Crippen molar-refractivity contribution in [2.75, 3.05) is 13.7 Å². The van der Waals surface area contributed by atoms with Gasteiger partial charge in [-0.25, -0.2) is 4.68 Å². The molecule has 0 atom stereocenters. The first kappa shape index (κ1) is 10.3. The van der Waals surface area contributed by atoms with Gasteiger partial charge in [-0.3, -0.25) is 0 Å². The van der Waals surface area contributed by atoms with Gasteiger partial charge in [-0.2, -0.15) is 11.3 Å². The summed E-state index contributed by atoms with van der Waals surface area (Å²) < 4.78 is 6.80. The number of hydrogen-bond acceptors (Lipinski definition) is 5. The molecule has 0 aromatic carbocycles. The van der Waals surface area contributed by atoms with Crippen molar-refractivity contribution in [3.8, 4) is 11.4 Å². The van der Waals surface area contributed by atoms with Crippen LogP contribution in [0.1, 0.15) is 6.42 Å². The van der Waals surface area contributed by atoms with Crippen molar-refractivity contribution in [2.45, 2.75) is 13.0 Å². The molecule has 0 unspecified atom stereocenters. The van der Waals surface area contributed by atoms with Crippen LogP contribution in [-0.2, 0) is 11.3 Å². The molecule has 0 saturated carbocycles. The molecule has 0 radical (unpaired) electrons. The molecule has 0 amide bonds. The van der Waals surface area contributed by atoms with Crippen LogP contribution in [0.3, 0.4) is 0 Å². The normalized spacial score (nSPS) is 10.7. The largest absolute Gasteiger partial charge is 0.385 e. The lowest BCUT2D eigenvalue weighted by Crippen LogP contribution is -2.05. The maximum absolute atomic E-state index is 4.99. The topological polar surface area (TPSA) is 52.8 Å². The Balaban J connectivity index is 2.09. The molecule has 2 aromatic heterocycles. The molecule has 0 aliphatic rings. The standard InChI is InChI=1S/C9H12N4OS/c1-14-5-2-4-13-9(10-11-12-13)8-3-6-15-7-8/h3,6-7H,2,4-5H2,1H3. The van der Waals surface area contributed by atoms with Crippen LogP contribution < -0.4 is 0 Å². The predicted octanol–water partition coefficient (Wildman–Crippen LogP) is 1.44. The Morgan fingerprint density at radius 2 is 2.47 bits per heavy atom. The fourth-order valence-corrected chi connectivity index (χ4v) is 1.95. The van der Waals surface area contributed by atoms with Gasteiger partial charge in [0.1, 0.15) is 0 Å². The van der Waals surface area contributed by atoms with Crippen LogP contribution in [0.2, 0.25) is 0 Å². The molecule has 0 aliphatic carbocycles. The van der Waals surface area contributed by atoms with Crippen LogP contribution in [0.15, 0.2) is 16.8 Å². The highest BCUT2D eigenvalue weighted by atomic mass is 32.1. The minimum absolute atomic E-state index is 0.725. The quantitative estimate of drug-likeness (QED) is 0.721. The Morgan fingerprint density at radius 3 is 3.20 bits per heavy atom. The molecule has 2 aromatic rings. The van der Waals surface area contributed by atoms with Gasteiger partial charge in [0.25, 0.3) is 0 Å². The first-order chi connectivity index (χ1) is 7.42. The Kier molecular flexibility index (Phi) is 3.41. The lowest BCUT2D eigenvalue weighted by Gasteiger charge is -2.02. The molecule has 0 spiro atoms. The van der Waals surface area contributed by atoms with E-state index in [4.69, 9.17) is 4.74 Å². The number of thiophene rings is 1. The summed E-state index contributed by atoms with van der Waals surface area (Å²) in [6.07, 6.45) is 0.915. The number of aryl methyl sites for hydroxylation is 1. The van der Waals surface area contributed by atoms with Crippen LogP contribution in [0.25, 0.3) is 11.4 Å². The van der Waals surface area contributed by atoms with Gasteiger partial charge in [0.15, 0.2) is 5.82 Å². The summed E-state index contributed by atoms with van der Waals surface area (Å²) in [7, 11) is 1.69. The molecule has 15 heavy (non-hydrogen) atoms. The second-order valence-electron chi connectivity index (χ2n) is 3.08. The number of ether oxygens (including phenoxy) is 1. The molecule has 0 aliphatic heterocycles. The van der Waals surface area contributed by atoms with Crippen LogP contribution in [0, 0.1) is 0 Å². The fourth-order valence-electron chi connectivity index (χ4n) is 1.31. The van der Waals surface area contributed by atoms with Gasteiger partial charge in [-0.05, 0) is 28.3 Å². The van der Waals surface area contributed by atoms with Crippen LogP contribution in [0.5, 0.6) is 0 Å². The molecular weight excluding hydrogens is 212 g/mol. The van der Waals surface area contributed by atoms with Gasteiger partial charge in [-0.15, -0.1) is 5.10 Å². The third-order valence-electron chi connectivity index (χ3n) is 2.03. The van der Waals surface area contributed by atoms with Crippen molar-refractivity contribution in [3.05, 3.63) is 16.8 Å². The minimum atomic E-state index is 0.725. The van der Waals surface area contributed by atoms with E-state index >= 15 is 0 Å². The van der Waals surface area contributed by atoms with Gasteiger partial charge in [0.2, 0.25) is 0 Å². The van der Waals surface area contributed by atoms with Crippen LogP contribution in [0.4, 0.5) is 0 Å². The van der Waals surface area contributed by atoms with Gasteiger partial charge in [-0.1, -0.05) is 0 Å². The van der Waals surface area contributed by atoms with E-state index in [2.05, 4.69) is 15.5 Å². The summed E-state index contributed by atoms with van der Waals surface area (Å²) >= 11 is 1.64. The first-order valence-corrected chi connectivity index (χ1v) is 5.64. The SMILES string of the molecule is COCCCn1nnnc1-c1ccsc1. The molecular formula is C9H12N4OS. The lowest BCUT2D eigenvalue weighted by molar-refractivity contribution is 0.189. The van der Waals surface area contributed by atoms with Gasteiger partial charge >= 0.3 is 0 Å². The van der Waals surface area contributed by atoms with Crippen LogP contribution in [-0.4, -0.2) is 33.9 Å². The molecule has 2 heterocycles. The van der Waals surface area contributed by atoms with E-state index in [0.29, 0.717) is 0 Å². The zero-order chi connectivity index (χ0) is 10.5. The van der Waals surface area contributed by atoms with E-state index in [9.17, 15) is 0 Å². The van der Waals surface area contributed by atoms with E-state index in [0.717, 1.165) is 31.0 Å². The smallest absolute Gasteiger partial charge is 0.182 e. The van der Waals surface area contributed by atoms with E-state index in [1.165, 1.54) is 0 Å². The van der Waals surface area contributed by atoms with Crippen molar-refractivity contribution >= 4 is 11.3 Å². The van der Waals surface area contributed by atoms with Gasteiger partial charge in [0, 0.05) is 31.2 Å². The zero-order valence-electron chi connectivity index (χ0n) is 8.46. The van der Waals surface area contributed by atoms with Crippen molar-refractivity contribution in [2.24, 2.45) is 0 Å². The monoisotopic (exact) mass is 224 g/mol. The molecule has 0 bridgehead atoms. The number of hydrogen-bond donors (Lipinski definition) is 0. The molecule has 0 saturated heterocycles. The maximum Gasteiger partial charge on any atom is 0.182 e. The highest BCUT2D eigenvalue weighted by Gasteiger charge is 2.08. The lowest BCUT2D eigenvalue weighted by atomic mass is 10.3. The Hall–Kier alpha value is -1.27. The summed E-state index contributed by atoms with van der Waals surface area (Å²) in [4.78, 5) is 0. The summed E-state index contributed by atoms with van der Waals surface area (Å²) in [6, 6.07) is 2.02. The second kappa shape index (κ2) is 4.99. The highest BCUT2D eigenvalue weighted by molar-refractivity contribution is 7.08. The van der Waals surface area contributed by atoms with Crippen molar-refractivity contribution in [3.63, 3.8) is 0 Å². The Bertz CT molecular complexity index is 398. The van der Waals surface area contributed by atoms with E-state index in [1.54, 1.807) is 23.1 Å². The molecule has 5 nitrogen and oxygen atoms in total. The maximum atomic E-state index is 4.99. The summed E-state index contributed by atoms with van der Waals surface area (Å²) in [6.45, 7) is 1.51. The number of nitrogens with zero attached hydrogens (tertiary/aromatic N) is 4. The second-order valence-corrected chi connectivity index (χ2v) is 3.86. The number of aromatic nitrogens is 4. The number of methoxy groups -OCH3 is 1. The third-order valence-corrected chi connectivity index (χ3v) is 2.71. The van der Waals surface area contributed by atoms with Crippen LogP contribution >= 0.6 is 11.3 Å². The highest BCUT2D eigenvalue weighted by Crippen LogP contribution is 2.18. The molecule has 0 fully saturated rings. The molecule has 0 N–H and O–H groups in total. The van der Waals surface area contributed by atoms with Gasteiger partial charge < -0.3 is 4.74 Å². The van der Waals surface area contributed by atoms with Crippen molar-refractivity contribution in [1.82, 2.24) is 20.2 Å². The molecule has 6 heteroatoms. The number of tetrazole rings is 1. The van der Waals surface area contributed by atoms with Crippen molar-refractivity contribution < 1.29 is 4.74 Å². The average Bonchev–Trinajstić information content (AvgIpc) is 2.87. The average molecular weight is 224 g/mol. The summed E-state index contributed by atoms with van der Waals surface area (Å²) in [5.41, 5.74) is 1.07. The summed E-state index contributed by atoms with van der Waals surface area (Å²) in [5, 5.41) is 15.7. The van der Waals surface area contributed by atoms with E-state index in [1.807, 2.05) is 16.8 Å². The fraction of sp³-hybridized carbons (Fsp3) is 0.444. The minimum Gasteiger partial charge on any atom is -0.385 e. The molecule has 2 rings (SSSR count). The van der Waals surface area contributed by atoms with E-state index in [-0.39, 0.29) is 0 Å². The molecule has 80 valence electrons. The number of rotatable bonds is 5. The van der Waals surface area contributed by atoms with Crippen molar-refractivity contribution in [1.29, 1.82) is 0 Å². The van der Waals surface area contributed by atoms with E-state index < -0.39 is 0 Å². The zero-order valence-corrected chi connectivity index (χ0v) is 9.28. The summed E-state index contributed by atoms with van der Waals surface area (Å²) in [5.74, 6) is 0.826. The first-order valence-electron chi connectivity index (χ1n) is 4.69. The Labute approximate surface area is 91.7 Å².